The molecule has 1 saturated carbocycles. The van der Waals surface area contributed by atoms with Gasteiger partial charge in [0.05, 0.1) is 36.1 Å². The van der Waals surface area contributed by atoms with Gasteiger partial charge in [-0.1, -0.05) is 0 Å². The third-order valence-electron chi connectivity index (χ3n) is 4.87. The molecule has 0 amide bonds. The number of nitrogens with zero attached hydrogens (tertiary/aromatic N) is 4. The normalized spacial score (nSPS) is 15.8. The highest BCUT2D eigenvalue weighted by atomic mass is 16.3. The zero-order valence-corrected chi connectivity index (χ0v) is 14.6. The molecule has 1 aromatic carbocycles. The number of aliphatic hydroxyl groups excluding tert-OH is 1. The maximum Gasteiger partial charge on any atom is 0.0959 e. The molecule has 5 nitrogen and oxygen atoms in total. The summed E-state index contributed by atoms with van der Waals surface area (Å²) in [5, 5.41) is 19.4. The van der Waals surface area contributed by atoms with Crippen LogP contribution in [0.5, 0.6) is 0 Å². The predicted octanol–water partition coefficient (Wildman–Crippen LogP) is 2.64. The first-order valence-corrected chi connectivity index (χ1v) is 8.76. The van der Waals surface area contributed by atoms with E-state index in [1.807, 2.05) is 10.9 Å². The van der Waals surface area contributed by atoms with Crippen molar-refractivity contribution < 1.29 is 5.11 Å². The minimum Gasteiger partial charge on any atom is -0.390 e. The van der Waals surface area contributed by atoms with Gasteiger partial charge in [-0.15, -0.1) is 0 Å². The fourth-order valence-electron chi connectivity index (χ4n) is 3.17. The quantitative estimate of drug-likeness (QED) is 0.810. The first-order valence-electron chi connectivity index (χ1n) is 8.76. The topological polar surface area (TPSA) is 65.1 Å². The molecule has 1 aromatic heterocycles. The van der Waals surface area contributed by atoms with Gasteiger partial charge in [0.1, 0.15) is 0 Å². The number of rotatable bonds is 8. The summed E-state index contributed by atoms with van der Waals surface area (Å²) >= 11 is 0. The molecule has 3 rings (SSSR count). The van der Waals surface area contributed by atoms with Crippen molar-refractivity contribution in [2.75, 3.05) is 19.6 Å². The maximum atomic E-state index is 10.5. The first kappa shape index (κ1) is 16.9. The molecule has 0 bridgehead atoms. The smallest absolute Gasteiger partial charge is 0.0959 e. The van der Waals surface area contributed by atoms with Gasteiger partial charge in [-0.25, -0.2) is 4.98 Å². The summed E-state index contributed by atoms with van der Waals surface area (Å²) < 4.78 is 2.03. The van der Waals surface area contributed by atoms with Gasteiger partial charge in [0.25, 0.3) is 0 Å². The molecule has 2 aromatic rings. The fraction of sp³-hybridized carbons (Fsp3) is 0.579. The number of benzene rings is 1. The van der Waals surface area contributed by atoms with E-state index < -0.39 is 6.10 Å². The highest BCUT2D eigenvalue weighted by Crippen LogP contribution is 2.29. The Morgan fingerprint density at radius 2 is 2.12 bits per heavy atom. The summed E-state index contributed by atoms with van der Waals surface area (Å²) in [7, 11) is 0. The van der Waals surface area contributed by atoms with E-state index in [2.05, 4.69) is 41.9 Å². The minimum atomic E-state index is -0.457. The molecular formula is C19H26N4O. The Kier molecular flexibility index (Phi) is 5.17. The van der Waals surface area contributed by atoms with E-state index in [0.717, 1.165) is 30.0 Å². The molecule has 0 radical (unpaired) electrons. The number of aryl methyl sites for hydroxylation is 2. The van der Waals surface area contributed by atoms with Crippen molar-refractivity contribution in [3.8, 4) is 6.07 Å². The van der Waals surface area contributed by atoms with E-state index >= 15 is 0 Å². The Morgan fingerprint density at radius 3 is 2.83 bits per heavy atom. The Balaban J connectivity index is 1.65. The van der Waals surface area contributed by atoms with Crippen LogP contribution >= 0.6 is 0 Å². The van der Waals surface area contributed by atoms with Crippen LogP contribution in [0.3, 0.4) is 0 Å². The average molecular weight is 326 g/mol. The number of hydrogen-bond donors (Lipinski definition) is 1. The van der Waals surface area contributed by atoms with Gasteiger partial charge in [-0.2, -0.15) is 5.26 Å². The number of fused-ring (bicyclic) bond motifs is 1. The van der Waals surface area contributed by atoms with E-state index in [9.17, 15) is 5.11 Å². The largest absolute Gasteiger partial charge is 0.390 e. The molecule has 1 aliphatic carbocycles. The summed E-state index contributed by atoms with van der Waals surface area (Å²) in [4.78, 5) is 6.69. The molecule has 1 atom stereocenters. The summed E-state index contributed by atoms with van der Waals surface area (Å²) in [6, 6.07) is 6.45. The lowest BCUT2D eigenvalue weighted by Gasteiger charge is -2.24. The van der Waals surface area contributed by atoms with Crippen LogP contribution in [0.15, 0.2) is 18.5 Å². The van der Waals surface area contributed by atoms with E-state index in [1.165, 1.54) is 24.0 Å². The minimum absolute atomic E-state index is 0.457. The molecule has 24 heavy (non-hydrogen) atoms. The number of nitriles is 1. The third-order valence-corrected chi connectivity index (χ3v) is 4.87. The first-order chi connectivity index (χ1) is 11.6. The van der Waals surface area contributed by atoms with Crippen LogP contribution in [-0.2, 0) is 6.54 Å². The van der Waals surface area contributed by atoms with E-state index in [1.54, 1.807) is 0 Å². The van der Waals surface area contributed by atoms with Crippen LogP contribution in [0.4, 0.5) is 0 Å². The molecule has 0 saturated heterocycles. The Bertz CT molecular complexity index is 742. The molecule has 1 aliphatic rings. The number of imidazole rings is 1. The Morgan fingerprint density at radius 1 is 1.38 bits per heavy atom. The zero-order chi connectivity index (χ0) is 17.1. The van der Waals surface area contributed by atoms with Crippen LogP contribution < -0.4 is 0 Å². The van der Waals surface area contributed by atoms with Gasteiger partial charge in [0.2, 0.25) is 0 Å². The van der Waals surface area contributed by atoms with Gasteiger partial charge in [-0.3, -0.25) is 4.90 Å². The van der Waals surface area contributed by atoms with E-state index in [4.69, 9.17) is 5.26 Å². The van der Waals surface area contributed by atoms with Crippen molar-refractivity contribution >= 4 is 11.0 Å². The second-order valence-electron chi connectivity index (χ2n) is 7.09. The van der Waals surface area contributed by atoms with Gasteiger partial charge < -0.3 is 9.67 Å². The highest BCUT2D eigenvalue weighted by molar-refractivity contribution is 5.77. The molecule has 1 N–H and O–H groups in total. The molecular weight excluding hydrogens is 300 g/mol. The lowest BCUT2D eigenvalue weighted by molar-refractivity contribution is 0.0974. The average Bonchev–Trinajstić information content (AvgIpc) is 3.28. The summed E-state index contributed by atoms with van der Waals surface area (Å²) in [5.74, 6) is 0.760. The molecule has 1 heterocycles. The van der Waals surface area contributed by atoms with Crippen molar-refractivity contribution in [2.24, 2.45) is 5.92 Å². The molecule has 1 unspecified atom stereocenters. The number of hydrogen-bond acceptors (Lipinski definition) is 4. The van der Waals surface area contributed by atoms with Crippen LogP contribution in [0.1, 0.15) is 30.4 Å². The van der Waals surface area contributed by atoms with E-state index in [-0.39, 0.29) is 0 Å². The predicted molar refractivity (Wildman–Crippen MR) is 94.6 cm³/mol. The molecule has 1 fully saturated rings. The number of aromatic nitrogens is 2. The molecule has 0 aliphatic heterocycles. The number of aliphatic hydroxyl groups is 1. The molecule has 0 spiro atoms. The van der Waals surface area contributed by atoms with Crippen LogP contribution in [0.25, 0.3) is 11.0 Å². The second kappa shape index (κ2) is 7.33. The van der Waals surface area contributed by atoms with Gasteiger partial charge in [0.15, 0.2) is 0 Å². The van der Waals surface area contributed by atoms with Gasteiger partial charge in [0, 0.05) is 26.1 Å². The third kappa shape index (κ3) is 4.14. The highest BCUT2D eigenvalue weighted by Gasteiger charge is 2.25. The van der Waals surface area contributed by atoms with Gasteiger partial charge >= 0.3 is 0 Å². The zero-order valence-electron chi connectivity index (χ0n) is 14.6. The lowest BCUT2D eigenvalue weighted by atomic mass is 10.1. The van der Waals surface area contributed by atoms with Gasteiger partial charge in [-0.05, 0) is 55.9 Å². The molecule has 128 valence electrons. The Hall–Kier alpha value is -1.90. The van der Waals surface area contributed by atoms with Crippen LogP contribution in [-0.4, -0.2) is 45.3 Å². The SMILES string of the molecule is Cc1cc2ncn(CC(O)CN(CCC#N)CC3CC3)c2cc1C. The summed E-state index contributed by atoms with van der Waals surface area (Å²) in [6.45, 7) is 7.08. The standard InChI is InChI=1S/C19H26N4O/c1-14-8-18-19(9-15(14)2)23(13-21-18)12-17(24)11-22(7-3-6-20)10-16-4-5-16/h8-9,13,16-17,24H,3-5,7,10-12H2,1-2H3. The van der Waals surface area contributed by atoms with Crippen LogP contribution in [0.2, 0.25) is 0 Å². The van der Waals surface area contributed by atoms with Crippen molar-refractivity contribution in [3.05, 3.63) is 29.6 Å². The van der Waals surface area contributed by atoms with Crippen molar-refractivity contribution in [1.82, 2.24) is 14.5 Å². The van der Waals surface area contributed by atoms with Crippen molar-refractivity contribution in [3.63, 3.8) is 0 Å². The van der Waals surface area contributed by atoms with Crippen LogP contribution in [0, 0.1) is 31.1 Å². The monoisotopic (exact) mass is 326 g/mol. The summed E-state index contributed by atoms with van der Waals surface area (Å²) in [6.07, 6.45) is 4.44. The second-order valence-corrected chi connectivity index (χ2v) is 7.09. The van der Waals surface area contributed by atoms with Crippen molar-refractivity contribution in [2.45, 2.75) is 45.8 Å². The molecule has 5 heteroatoms. The van der Waals surface area contributed by atoms with E-state index in [0.29, 0.717) is 19.5 Å². The maximum absolute atomic E-state index is 10.5. The fourth-order valence-corrected chi connectivity index (χ4v) is 3.17. The Labute approximate surface area is 143 Å². The summed E-state index contributed by atoms with van der Waals surface area (Å²) in [5.41, 5.74) is 4.52. The lowest BCUT2D eigenvalue weighted by Crippen LogP contribution is -2.36. The van der Waals surface area contributed by atoms with Crippen molar-refractivity contribution in [1.29, 1.82) is 5.26 Å².